The maximum atomic E-state index is 15.1. The van der Waals surface area contributed by atoms with Crippen molar-refractivity contribution in [2.45, 2.75) is 37.2 Å². The number of benzene rings is 4. The van der Waals surface area contributed by atoms with Crippen molar-refractivity contribution >= 4 is 5.91 Å². The van der Waals surface area contributed by atoms with E-state index in [1.165, 1.54) is 12.1 Å². The number of carbonyl (C=O) groups is 1. The van der Waals surface area contributed by atoms with Gasteiger partial charge in [-0.1, -0.05) is 36.4 Å². The molecule has 0 heterocycles. The number of halogens is 10. The van der Waals surface area contributed by atoms with Gasteiger partial charge in [0.15, 0.2) is 0 Å². The van der Waals surface area contributed by atoms with Crippen LogP contribution in [0.5, 0.6) is 5.75 Å². The predicted octanol–water partition coefficient (Wildman–Crippen LogP) is 8.34. The van der Waals surface area contributed by atoms with Gasteiger partial charge in [0.05, 0.1) is 11.1 Å². The molecule has 0 saturated carbocycles. The molecular formula is C33H26F10N2O2. The van der Waals surface area contributed by atoms with E-state index in [2.05, 4.69) is 10.1 Å². The highest BCUT2D eigenvalue weighted by molar-refractivity contribution is 5.95. The van der Waals surface area contributed by atoms with Crippen molar-refractivity contribution in [3.63, 3.8) is 0 Å². The molecule has 1 N–H and O–H groups in total. The van der Waals surface area contributed by atoms with Gasteiger partial charge in [0.2, 0.25) is 0 Å². The lowest BCUT2D eigenvalue weighted by Crippen LogP contribution is -2.49. The van der Waals surface area contributed by atoms with Crippen LogP contribution < -0.4 is 10.1 Å². The van der Waals surface area contributed by atoms with E-state index in [0.29, 0.717) is 17.7 Å². The van der Waals surface area contributed by atoms with E-state index in [1.807, 2.05) is 0 Å². The first-order chi connectivity index (χ1) is 21.9. The van der Waals surface area contributed by atoms with Gasteiger partial charge in [-0.15, -0.1) is 0 Å². The molecule has 0 aromatic heterocycles. The van der Waals surface area contributed by atoms with E-state index >= 15 is 4.39 Å². The second-order valence-corrected chi connectivity index (χ2v) is 10.9. The molecule has 4 aromatic carbocycles. The number of nitrogens with one attached hydrogen (secondary N) is 1. The number of nitrogens with zero attached hydrogens (tertiary/aromatic N) is 1. The molecule has 4 rings (SSSR count). The third-order valence-corrected chi connectivity index (χ3v) is 7.07. The van der Waals surface area contributed by atoms with Crippen LogP contribution in [0.3, 0.4) is 0 Å². The topological polar surface area (TPSA) is 41.6 Å². The molecule has 0 saturated heterocycles. The average molecular weight is 673 g/mol. The number of amides is 1. The van der Waals surface area contributed by atoms with Gasteiger partial charge in [-0.3, -0.25) is 4.79 Å². The van der Waals surface area contributed by atoms with Crippen LogP contribution in [0.25, 0.3) is 0 Å². The van der Waals surface area contributed by atoms with E-state index < -0.39 is 64.5 Å². The Hall–Kier alpha value is -4.59. The van der Waals surface area contributed by atoms with Gasteiger partial charge in [0.1, 0.15) is 23.2 Å². The summed E-state index contributed by atoms with van der Waals surface area (Å²) < 4.78 is 143. The fraction of sp³-hybridized carbons (Fsp3) is 0.242. The van der Waals surface area contributed by atoms with Crippen LogP contribution in [0.15, 0.2) is 84.9 Å². The Kier molecular flexibility index (Phi) is 10.2. The Balaban J connectivity index is 2.02. The molecule has 0 aliphatic heterocycles. The largest absolute Gasteiger partial charge is 0.461 e. The fourth-order valence-electron chi connectivity index (χ4n) is 4.98. The van der Waals surface area contributed by atoms with Gasteiger partial charge in [-0.05, 0) is 73.3 Å². The highest BCUT2D eigenvalue weighted by Gasteiger charge is 2.45. The lowest BCUT2D eigenvalue weighted by molar-refractivity contribution is -0.253. The molecule has 0 aliphatic carbocycles. The molecule has 1 unspecified atom stereocenters. The summed E-state index contributed by atoms with van der Waals surface area (Å²) in [7, 11) is 3.24. The molecule has 0 aliphatic rings. The van der Waals surface area contributed by atoms with Crippen LogP contribution >= 0.6 is 0 Å². The predicted molar refractivity (Wildman–Crippen MR) is 152 cm³/mol. The summed E-state index contributed by atoms with van der Waals surface area (Å²) in [5.41, 5.74) is -4.48. The summed E-state index contributed by atoms with van der Waals surface area (Å²) in [5, 5.41) is 2.54. The summed E-state index contributed by atoms with van der Waals surface area (Å²) in [6.07, 6.45) is -14.9. The zero-order valence-corrected chi connectivity index (χ0v) is 24.6. The first-order valence-electron chi connectivity index (χ1n) is 13.7. The first kappa shape index (κ1) is 35.3. The Labute approximate surface area is 262 Å². The van der Waals surface area contributed by atoms with E-state index in [0.717, 1.165) is 24.3 Å². The van der Waals surface area contributed by atoms with Crippen molar-refractivity contribution in [2.24, 2.45) is 0 Å². The highest BCUT2D eigenvalue weighted by Crippen LogP contribution is 2.39. The minimum atomic E-state index is -5.19. The lowest BCUT2D eigenvalue weighted by Gasteiger charge is -2.37. The minimum absolute atomic E-state index is 0.0000638. The summed E-state index contributed by atoms with van der Waals surface area (Å²) in [6.45, 7) is 0.0000638. The summed E-state index contributed by atoms with van der Waals surface area (Å²) >= 11 is 0. The van der Waals surface area contributed by atoms with Gasteiger partial charge in [0, 0.05) is 30.2 Å². The van der Waals surface area contributed by atoms with Gasteiger partial charge >= 0.3 is 18.7 Å². The maximum Gasteiger partial charge on any atom is 0.461 e. The van der Waals surface area contributed by atoms with Crippen molar-refractivity contribution in [1.29, 1.82) is 0 Å². The van der Waals surface area contributed by atoms with Crippen LogP contribution in [0.4, 0.5) is 43.9 Å². The van der Waals surface area contributed by atoms with E-state index in [9.17, 15) is 44.3 Å². The molecule has 0 radical (unpaired) electrons. The van der Waals surface area contributed by atoms with Crippen LogP contribution in [-0.4, -0.2) is 37.4 Å². The van der Waals surface area contributed by atoms with Crippen molar-refractivity contribution < 1.29 is 53.4 Å². The number of alkyl halides is 7. The number of carbonyl (C=O) groups excluding carboxylic acids is 1. The summed E-state index contributed by atoms with van der Waals surface area (Å²) in [6, 6.07) is 14.8. The van der Waals surface area contributed by atoms with Crippen LogP contribution in [0.1, 0.15) is 38.2 Å². The van der Waals surface area contributed by atoms with Crippen molar-refractivity contribution in [1.82, 2.24) is 10.2 Å². The quantitative estimate of drug-likeness (QED) is 0.163. The monoisotopic (exact) mass is 672 g/mol. The molecule has 250 valence electrons. The summed E-state index contributed by atoms with van der Waals surface area (Å²) in [5.74, 6) is -5.96. The molecule has 0 bridgehead atoms. The van der Waals surface area contributed by atoms with E-state index in [4.69, 9.17) is 0 Å². The maximum absolute atomic E-state index is 15.1. The number of ether oxygens (including phenoxy) is 1. The Morgan fingerprint density at radius 2 is 1.47 bits per heavy atom. The van der Waals surface area contributed by atoms with Crippen molar-refractivity contribution in [3.8, 4) is 5.75 Å². The molecule has 14 heteroatoms. The normalized spacial score (nSPS) is 13.5. The van der Waals surface area contributed by atoms with Gasteiger partial charge in [-0.2, -0.15) is 30.7 Å². The van der Waals surface area contributed by atoms with Crippen molar-refractivity contribution in [3.05, 3.63) is 136 Å². The SMILES string of the molecule is CN(C)Cc1cc(C(Cc2ccccc2)(NC(=O)c2ccc(F)c(C(F)(F)F)c2)c2cc(F)cc(OC(F)(F)C(F)F)c2)ccc1F. The molecule has 47 heavy (non-hydrogen) atoms. The van der Waals surface area contributed by atoms with Gasteiger partial charge in [0.25, 0.3) is 5.91 Å². The fourth-order valence-corrected chi connectivity index (χ4v) is 4.98. The van der Waals surface area contributed by atoms with Crippen LogP contribution in [-0.2, 0) is 24.7 Å². The molecule has 0 spiro atoms. The minimum Gasteiger partial charge on any atom is -0.428 e. The third-order valence-electron chi connectivity index (χ3n) is 7.07. The number of rotatable bonds is 11. The molecule has 4 nitrogen and oxygen atoms in total. The number of hydrogen-bond donors (Lipinski definition) is 1. The molecule has 0 fully saturated rings. The molecule has 4 aromatic rings. The lowest BCUT2D eigenvalue weighted by atomic mass is 9.77. The highest BCUT2D eigenvalue weighted by atomic mass is 19.4. The molecule has 1 amide bonds. The zero-order chi connectivity index (χ0) is 34.7. The first-order valence-corrected chi connectivity index (χ1v) is 13.7. The van der Waals surface area contributed by atoms with E-state index in [1.54, 1.807) is 49.3 Å². The second-order valence-electron chi connectivity index (χ2n) is 10.9. The summed E-state index contributed by atoms with van der Waals surface area (Å²) in [4.78, 5) is 15.4. The van der Waals surface area contributed by atoms with Gasteiger partial charge in [-0.25, -0.2) is 13.2 Å². The van der Waals surface area contributed by atoms with Crippen LogP contribution in [0, 0.1) is 17.5 Å². The third kappa shape index (κ3) is 8.23. The van der Waals surface area contributed by atoms with E-state index in [-0.39, 0.29) is 35.7 Å². The standard InChI is InChI=1S/C33H26F10N2O2/c1-45(2)18-21-12-22(9-11-27(21)35)31(17-19-6-4-3-5-7-19,23-14-24(34)16-25(15-23)47-33(42,43)30(37)38)44-29(46)20-8-10-28(36)26(13-20)32(39,40)41/h3-16,30H,17-18H2,1-2H3,(H,44,46). The Bertz CT molecular complexity index is 1730. The van der Waals surface area contributed by atoms with Crippen LogP contribution in [0.2, 0.25) is 0 Å². The zero-order valence-electron chi connectivity index (χ0n) is 24.6. The van der Waals surface area contributed by atoms with Gasteiger partial charge < -0.3 is 15.0 Å². The Morgan fingerprint density at radius 1 is 0.809 bits per heavy atom. The molecular weight excluding hydrogens is 646 g/mol. The second kappa shape index (κ2) is 13.6. The smallest absolute Gasteiger partial charge is 0.428 e. The Morgan fingerprint density at radius 3 is 2.09 bits per heavy atom. The average Bonchev–Trinajstić information content (AvgIpc) is 2.97. The van der Waals surface area contributed by atoms with Crippen molar-refractivity contribution in [2.75, 3.05) is 14.1 Å². The number of hydrogen-bond acceptors (Lipinski definition) is 3. The molecule has 1 atom stereocenters.